The molecule has 1 heterocycles. The van der Waals surface area contributed by atoms with Crippen LogP contribution < -0.4 is 10.2 Å². The van der Waals surface area contributed by atoms with Crippen LogP contribution in [-0.2, 0) is 16.0 Å². The van der Waals surface area contributed by atoms with E-state index in [0.29, 0.717) is 27.0 Å². The molecular weight excluding hydrogens is 508 g/mol. The molecule has 0 radical (unpaired) electrons. The van der Waals surface area contributed by atoms with E-state index < -0.39 is 17.0 Å². The monoisotopic (exact) mass is 525 g/mol. The van der Waals surface area contributed by atoms with Gasteiger partial charge in [-0.25, -0.2) is 4.39 Å². The van der Waals surface area contributed by atoms with Crippen LogP contribution in [0.1, 0.15) is 11.1 Å². The zero-order valence-corrected chi connectivity index (χ0v) is 20.7. The number of benzene rings is 3. The third-order valence-corrected chi connectivity index (χ3v) is 7.18. The van der Waals surface area contributed by atoms with Gasteiger partial charge in [-0.15, -0.1) is 0 Å². The molecule has 1 aliphatic heterocycles. The Kier molecular flexibility index (Phi) is 7.46. The van der Waals surface area contributed by atoms with Crippen LogP contribution >= 0.6 is 35.0 Å². The standard InChI is InChI=1S/C26H18Cl2FN3O2S/c1-15-2-9-20(10-3-15)32-25(34)23(13-16-12-17(27)4-11-22(16)28)35-26(32)21(14-30)24(33)31-19-7-5-18(29)6-8-19/h2-12,23H,13H2,1H3,(H,31,33)/b26-21-. The van der Waals surface area contributed by atoms with E-state index in [1.165, 1.54) is 29.2 Å². The van der Waals surface area contributed by atoms with Crippen LogP contribution in [0.25, 0.3) is 0 Å². The fourth-order valence-corrected chi connectivity index (χ4v) is 5.23. The van der Waals surface area contributed by atoms with Gasteiger partial charge < -0.3 is 5.32 Å². The summed E-state index contributed by atoms with van der Waals surface area (Å²) in [6.07, 6.45) is 0.257. The van der Waals surface area contributed by atoms with Gasteiger partial charge in [0, 0.05) is 21.4 Å². The van der Waals surface area contributed by atoms with Gasteiger partial charge in [0.25, 0.3) is 5.91 Å². The molecule has 176 valence electrons. The number of rotatable bonds is 5. The average Bonchev–Trinajstić information content (AvgIpc) is 3.14. The molecule has 3 aromatic rings. The van der Waals surface area contributed by atoms with Gasteiger partial charge in [0.05, 0.1) is 5.25 Å². The van der Waals surface area contributed by atoms with Crippen molar-refractivity contribution in [3.05, 3.63) is 104 Å². The molecule has 0 bridgehead atoms. The maximum absolute atomic E-state index is 13.6. The van der Waals surface area contributed by atoms with E-state index in [1.54, 1.807) is 30.3 Å². The van der Waals surface area contributed by atoms with Crippen LogP contribution in [0, 0.1) is 24.1 Å². The second kappa shape index (κ2) is 10.5. The first-order chi connectivity index (χ1) is 16.8. The zero-order chi connectivity index (χ0) is 25.1. The maximum Gasteiger partial charge on any atom is 0.269 e. The van der Waals surface area contributed by atoms with Crippen molar-refractivity contribution in [3.8, 4) is 6.07 Å². The summed E-state index contributed by atoms with van der Waals surface area (Å²) in [6.45, 7) is 1.92. The van der Waals surface area contributed by atoms with Gasteiger partial charge >= 0.3 is 0 Å². The van der Waals surface area contributed by atoms with E-state index in [1.807, 2.05) is 25.1 Å². The SMILES string of the molecule is Cc1ccc(N2C(=O)C(Cc3cc(Cl)ccc3Cl)S/C2=C(/C#N)C(=O)Nc2ccc(F)cc2)cc1. The van der Waals surface area contributed by atoms with Crippen LogP contribution in [0.15, 0.2) is 77.3 Å². The summed E-state index contributed by atoms with van der Waals surface area (Å²) in [5.74, 6) is -1.44. The highest BCUT2D eigenvalue weighted by molar-refractivity contribution is 8.05. The normalized spacial score (nSPS) is 16.7. The average molecular weight is 526 g/mol. The number of nitrogens with one attached hydrogen (secondary N) is 1. The van der Waals surface area contributed by atoms with Crippen LogP contribution in [0.4, 0.5) is 15.8 Å². The van der Waals surface area contributed by atoms with Gasteiger partial charge in [0.1, 0.15) is 22.5 Å². The number of amides is 2. The Morgan fingerprint density at radius 3 is 2.46 bits per heavy atom. The largest absolute Gasteiger partial charge is 0.321 e. The number of carbonyl (C=O) groups excluding carboxylic acids is 2. The lowest BCUT2D eigenvalue weighted by atomic mass is 10.1. The highest BCUT2D eigenvalue weighted by Gasteiger charge is 2.41. The molecule has 0 saturated carbocycles. The van der Waals surface area contributed by atoms with Gasteiger partial charge in [-0.05, 0) is 73.5 Å². The summed E-state index contributed by atoms with van der Waals surface area (Å²) in [5, 5.41) is 13.0. The number of carbonyl (C=O) groups is 2. The third kappa shape index (κ3) is 5.51. The Morgan fingerprint density at radius 1 is 1.11 bits per heavy atom. The summed E-state index contributed by atoms with van der Waals surface area (Å²) >= 11 is 13.6. The summed E-state index contributed by atoms with van der Waals surface area (Å²) in [4.78, 5) is 28.0. The van der Waals surface area contributed by atoms with E-state index in [4.69, 9.17) is 23.2 Å². The van der Waals surface area contributed by atoms with Crippen molar-refractivity contribution in [3.63, 3.8) is 0 Å². The number of thioether (sulfide) groups is 1. The molecule has 2 amide bonds. The van der Waals surface area contributed by atoms with Crippen molar-refractivity contribution < 1.29 is 14.0 Å². The van der Waals surface area contributed by atoms with Crippen LogP contribution in [-0.4, -0.2) is 17.1 Å². The van der Waals surface area contributed by atoms with Crippen LogP contribution in [0.3, 0.4) is 0 Å². The zero-order valence-electron chi connectivity index (χ0n) is 18.4. The molecule has 1 N–H and O–H groups in total. The van der Waals surface area contributed by atoms with Crippen molar-refractivity contribution >= 4 is 58.2 Å². The summed E-state index contributed by atoms with van der Waals surface area (Å²) in [5.41, 5.74) is 2.31. The highest BCUT2D eigenvalue weighted by atomic mass is 35.5. The number of nitrogens with zero attached hydrogens (tertiary/aromatic N) is 2. The van der Waals surface area contributed by atoms with Crippen molar-refractivity contribution in [1.29, 1.82) is 5.26 Å². The van der Waals surface area contributed by atoms with E-state index >= 15 is 0 Å². The van der Waals surface area contributed by atoms with E-state index in [0.717, 1.165) is 17.3 Å². The number of hydrogen-bond donors (Lipinski definition) is 1. The Bertz CT molecular complexity index is 1370. The lowest BCUT2D eigenvalue weighted by Crippen LogP contribution is -2.31. The highest BCUT2D eigenvalue weighted by Crippen LogP contribution is 2.42. The smallest absolute Gasteiger partial charge is 0.269 e. The predicted molar refractivity (Wildman–Crippen MR) is 138 cm³/mol. The molecular formula is C26H18Cl2FN3O2S. The van der Waals surface area contributed by atoms with Gasteiger partial charge in [-0.1, -0.05) is 52.7 Å². The van der Waals surface area contributed by atoms with Gasteiger partial charge in [-0.2, -0.15) is 5.26 Å². The molecule has 0 aromatic heterocycles. The summed E-state index contributed by atoms with van der Waals surface area (Å²) in [7, 11) is 0. The topological polar surface area (TPSA) is 73.2 Å². The second-order valence-corrected chi connectivity index (χ2v) is 9.84. The Labute approximate surface area is 216 Å². The van der Waals surface area contributed by atoms with Gasteiger partial charge in [-0.3, -0.25) is 14.5 Å². The minimum atomic E-state index is -0.701. The molecule has 1 saturated heterocycles. The number of hydrogen-bond acceptors (Lipinski definition) is 4. The minimum Gasteiger partial charge on any atom is -0.321 e. The number of halogens is 3. The lowest BCUT2D eigenvalue weighted by molar-refractivity contribution is -0.117. The molecule has 4 rings (SSSR count). The molecule has 3 aromatic carbocycles. The molecule has 35 heavy (non-hydrogen) atoms. The number of nitriles is 1. The number of aryl methyl sites for hydroxylation is 1. The first kappa shape index (κ1) is 24.8. The predicted octanol–water partition coefficient (Wildman–Crippen LogP) is 6.51. The minimum absolute atomic E-state index is 0.212. The van der Waals surface area contributed by atoms with E-state index in [2.05, 4.69) is 5.32 Å². The Balaban J connectivity index is 1.73. The quantitative estimate of drug-likeness (QED) is 0.304. The van der Waals surface area contributed by atoms with Crippen molar-refractivity contribution in [2.75, 3.05) is 10.2 Å². The van der Waals surface area contributed by atoms with Crippen LogP contribution in [0.5, 0.6) is 0 Å². The maximum atomic E-state index is 13.6. The molecule has 0 spiro atoms. The molecule has 1 aliphatic rings. The van der Waals surface area contributed by atoms with Gasteiger partial charge in [0.15, 0.2) is 0 Å². The van der Waals surface area contributed by atoms with Gasteiger partial charge in [0.2, 0.25) is 5.91 Å². The number of anilines is 2. The second-order valence-electron chi connectivity index (χ2n) is 7.81. The summed E-state index contributed by atoms with van der Waals surface area (Å²) < 4.78 is 13.2. The molecule has 5 nitrogen and oxygen atoms in total. The summed E-state index contributed by atoms with van der Waals surface area (Å²) in [6, 6.07) is 19.4. The van der Waals surface area contributed by atoms with Crippen molar-refractivity contribution in [2.45, 2.75) is 18.6 Å². The first-order valence-electron chi connectivity index (χ1n) is 10.5. The Morgan fingerprint density at radius 2 is 1.80 bits per heavy atom. The molecule has 1 unspecified atom stereocenters. The molecule has 0 aliphatic carbocycles. The molecule has 1 atom stereocenters. The fraction of sp³-hybridized carbons (Fsp3) is 0.115. The first-order valence-corrected chi connectivity index (χ1v) is 12.1. The van der Waals surface area contributed by atoms with Crippen molar-refractivity contribution in [1.82, 2.24) is 0 Å². The third-order valence-electron chi connectivity index (χ3n) is 5.31. The Hall–Kier alpha value is -3.31. The lowest BCUT2D eigenvalue weighted by Gasteiger charge is -2.19. The molecule has 1 fully saturated rings. The van der Waals surface area contributed by atoms with Crippen LogP contribution in [0.2, 0.25) is 10.0 Å². The molecule has 9 heteroatoms. The van der Waals surface area contributed by atoms with E-state index in [9.17, 15) is 19.2 Å². The van der Waals surface area contributed by atoms with Crippen molar-refractivity contribution in [2.24, 2.45) is 0 Å². The fourth-order valence-electron chi connectivity index (χ4n) is 3.54. The van der Waals surface area contributed by atoms with E-state index in [-0.39, 0.29) is 22.9 Å².